The van der Waals surface area contributed by atoms with Gasteiger partial charge in [0.05, 0.1) is 31.5 Å². The molecular formula is C26H35ClO6SSi. The average Bonchev–Trinajstić information content (AvgIpc) is 3.76. The molecule has 0 amide bonds. The van der Waals surface area contributed by atoms with Crippen LogP contribution in [0.1, 0.15) is 40.0 Å². The highest BCUT2D eigenvalue weighted by Gasteiger charge is 2.53. The fourth-order valence-electron chi connectivity index (χ4n) is 4.87. The van der Waals surface area contributed by atoms with E-state index < -0.39 is 23.6 Å². The van der Waals surface area contributed by atoms with E-state index in [0.717, 1.165) is 12.8 Å². The van der Waals surface area contributed by atoms with Gasteiger partial charge in [0, 0.05) is 6.42 Å². The second kappa shape index (κ2) is 11.0. The van der Waals surface area contributed by atoms with Gasteiger partial charge in [-0.25, -0.2) is 0 Å². The SMILES string of the molecule is CC(C)(C)[Si](OC[C@@H]1O[C@@H]1C[C@H]1O[C@H]1CCCOS(=O)(=O)CCl)(c1ccccc1)c1ccccc1. The lowest BCUT2D eigenvalue weighted by molar-refractivity contribution is 0.246. The number of benzene rings is 2. The predicted octanol–water partition coefficient (Wildman–Crippen LogP) is 3.81. The molecular weight excluding hydrogens is 504 g/mol. The smallest absolute Gasteiger partial charge is 0.281 e. The molecule has 0 saturated carbocycles. The lowest BCUT2D eigenvalue weighted by Gasteiger charge is -2.43. The number of halogens is 1. The van der Waals surface area contributed by atoms with E-state index >= 15 is 0 Å². The Bertz CT molecular complexity index is 1020. The van der Waals surface area contributed by atoms with Gasteiger partial charge >= 0.3 is 0 Å². The van der Waals surface area contributed by atoms with Gasteiger partial charge in [0.15, 0.2) is 0 Å². The monoisotopic (exact) mass is 538 g/mol. The maximum Gasteiger partial charge on any atom is 0.281 e. The van der Waals surface area contributed by atoms with Crippen LogP contribution in [0.15, 0.2) is 60.7 Å². The van der Waals surface area contributed by atoms with Crippen molar-refractivity contribution in [3.63, 3.8) is 0 Å². The summed E-state index contributed by atoms with van der Waals surface area (Å²) in [5.41, 5.74) is 0. The molecule has 2 heterocycles. The third-order valence-corrected chi connectivity index (χ3v) is 13.3. The van der Waals surface area contributed by atoms with Crippen molar-refractivity contribution in [3.8, 4) is 0 Å². The van der Waals surface area contributed by atoms with Gasteiger partial charge in [0.25, 0.3) is 18.4 Å². The van der Waals surface area contributed by atoms with Crippen LogP contribution in [0.4, 0.5) is 0 Å². The van der Waals surface area contributed by atoms with Gasteiger partial charge in [0.2, 0.25) is 0 Å². The number of rotatable bonds is 13. The molecule has 192 valence electrons. The van der Waals surface area contributed by atoms with Crippen LogP contribution in [-0.2, 0) is 28.2 Å². The van der Waals surface area contributed by atoms with Gasteiger partial charge < -0.3 is 13.9 Å². The summed E-state index contributed by atoms with van der Waals surface area (Å²) in [6.07, 6.45) is 2.71. The van der Waals surface area contributed by atoms with E-state index in [1.54, 1.807) is 0 Å². The van der Waals surface area contributed by atoms with Gasteiger partial charge in [-0.05, 0) is 28.3 Å². The lowest BCUT2D eigenvalue weighted by atomic mass is 10.1. The Morgan fingerprint density at radius 2 is 1.43 bits per heavy atom. The minimum atomic E-state index is -3.60. The normalized spacial score (nSPS) is 24.3. The maximum atomic E-state index is 11.3. The Morgan fingerprint density at radius 3 is 1.97 bits per heavy atom. The predicted molar refractivity (Wildman–Crippen MR) is 140 cm³/mol. The number of epoxide rings is 2. The van der Waals surface area contributed by atoms with E-state index in [2.05, 4.69) is 69.3 Å². The van der Waals surface area contributed by atoms with Crippen LogP contribution in [0, 0.1) is 0 Å². The molecule has 2 aromatic rings. The molecule has 4 rings (SSSR count). The van der Waals surface area contributed by atoms with E-state index in [1.807, 2.05) is 12.1 Å². The molecule has 2 fully saturated rings. The third kappa shape index (κ3) is 6.55. The summed E-state index contributed by atoms with van der Waals surface area (Å²) in [4.78, 5) is 0. The van der Waals surface area contributed by atoms with Crippen molar-refractivity contribution in [2.75, 3.05) is 18.4 Å². The second-order valence-corrected chi connectivity index (χ2v) is 16.8. The summed E-state index contributed by atoms with van der Waals surface area (Å²) in [6, 6.07) is 21.2. The number of alkyl halides is 1. The van der Waals surface area contributed by atoms with E-state index in [0.29, 0.717) is 13.0 Å². The molecule has 6 nitrogen and oxygen atoms in total. The molecule has 0 radical (unpaired) electrons. The second-order valence-electron chi connectivity index (χ2n) is 10.3. The molecule has 0 aliphatic carbocycles. The van der Waals surface area contributed by atoms with Crippen molar-refractivity contribution in [2.24, 2.45) is 0 Å². The third-order valence-electron chi connectivity index (χ3n) is 6.75. The highest BCUT2D eigenvalue weighted by Crippen LogP contribution is 2.40. The molecule has 2 aliphatic rings. The first-order valence-electron chi connectivity index (χ1n) is 12.2. The fourth-order valence-corrected chi connectivity index (χ4v) is 10.1. The van der Waals surface area contributed by atoms with E-state index in [9.17, 15) is 8.42 Å². The van der Waals surface area contributed by atoms with Crippen LogP contribution in [0.25, 0.3) is 0 Å². The first kappa shape index (κ1) is 26.8. The molecule has 0 unspecified atom stereocenters. The van der Waals surface area contributed by atoms with Crippen molar-refractivity contribution in [1.82, 2.24) is 0 Å². The minimum absolute atomic E-state index is 0.0657. The molecule has 9 heteroatoms. The van der Waals surface area contributed by atoms with Gasteiger partial charge in [-0.2, -0.15) is 8.42 Å². The van der Waals surface area contributed by atoms with Gasteiger partial charge in [-0.1, -0.05) is 81.4 Å². The molecule has 2 aliphatic heterocycles. The fraction of sp³-hybridized carbons (Fsp3) is 0.538. The molecule has 2 saturated heterocycles. The van der Waals surface area contributed by atoms with E-state index in [1.165, 1.54) is 10.4 Å². The molecule has 35 heavy (non-hydrogen) atoms. The topological polar surface area (TPSA) is 77.7 Å². The van der Waals surface area contributed by atoms with Gasteiger partial charge in [-0.3, -0.25) is 4.18 Å². The van der Waals surface area contributed by atoms with Crippen LogP contribution < -0.4 is 10.4 Å². The van der Waals surface area contributed by atoms with Crippen LogP contribution in [0.3, 0.4) is 0 Å². The van der Waals surface area contributed by atoms with E-state index in [-0.39, 0.29) is 36.1 Å². The number of ether oxygens (including phenoxy) is 2. The molecule has 0 bridgehead atoms. The van der Waals surface area contributed by atoms with Crippen molar-refractivity contribution < 1.29 is 26.5 Å². The van der Waals surface area contributed by atoms with Gasteiger partial charge in [0.1, 0.15) is 11.3 Å². The Hall–Kier alpha value is -1.26. The quantitative estimate of drug-likeness (QED) is 0.127. The largest absolute Gasteiger partial charge is 0.405 e. The summed E-state index contributed by atoms with van der Waals surface area (Å²) in [5, 5.41) is 1.94. The van der Waals surface area contributed by atoms with Crippen molar-refractivity contribution >= 4 is 40.4 Å². The first-order chi connectivity index (χ1) is 16.7. The zero-order chi connectivity index (χ0) is 25.1. The minimum Gasteiger partial charge on any atom is -0.405 e. The Kier molecular flexibility index (Phi) is 8.42. The van der Waals surface area contributed by atoms with Crippen LogP contribution in [0.2, 0.25) is 5.04 Å². The van der Waals surface area contributed by atoms with Crippen LogP contribution in [0.5, 0.6) is 0 Å². The van der Waals surface area contributed by atoms with Gasteiger partial charge in [-0.15, -0.1) is 11.6 Å². The highest BCUT2D eigenvalue weighted by atomic mass is 35.5. The molecule has 0 aromatic heterocycles. The van der Waals surface area contributed by atoms with Crippen molar-refractivity contribution in [1.29, 1.82) is 0 Å². The lowest BCUT2D eigenvalue weighted by Crippen LogP contribution is -2.66. The Labute approximate surface area is 215 Å². The number of hydrogen-bond donors (Lipinski definition) is 0. The van der Waals surface area contributed by atoms with Crippen LogP contribution >= 0.6 is 11.6 Å². The zero-order valence-corrected chi connectivity index (χ0v) is 23.1. The molecule has 0 spiro atoms. The summed E-state index contributed by atoms with van der Waals surface area (Å²) in [5.74, 6) is 0. The standard InChI is InChI=1S/C26H35ClO6SSi/c1-26(2,3)35(20-11-6-4-7-12-20,21-13-8-5-9-14-21)31-18-25-24(33-25)17-23-22(32-23)15-10-16-30-34(28,29)19-27/h4-9,11-14,22-25H,10,15-19H2,1-3H3/t22-,23+,24+,25-/m0/s1. The maximum absolute atomic E-state index is 11.3. The average molecular weight is 539 g/mol. The summed E-state index contributed by atoms with van der Waals surface area (Å²) in [6.45, 7) is 7.51. The Morgan fingerprint density at radius 1 is 0.886 bits per heavy atom. The summed E-state index contributed by atoms with van der Waals surface area (Å²) >= 11 is 5.34. The highest BCUT2D eigenvalue weighted by molar-refractivity contribution is 7.87. The van der Waals surface area contributed by atoms with Crippen molar-refractivity contribution in [2.45, 2.75) is 69.5 Å². The molecule has 0 N–H and O–H groups in total. The zero-order valence-electron chi connectivity index (χ0n) is 20.6. The van der Waals surface area contributed by atoms with Crippen LogP contribution in [-0.4, -0.2) is 59.6 Å². The molecule has 2 aromatic carbocycles. The summed E-state index contributed by atoms with van der Waals surface area (Å²) in [7, 11) is -6.17. The van der Waals surface area contributed by atoms with E-state index in [4.69, 9.17) is 29.7 Å². The Balaban J connectivity index is 1.32. The molecule has 4 atom stereocenters. The number of hydrogen-bond acceptors (Lipinski definition) is 6. The van der Waals surface area contributed by atoms with Crippen molar-refractivity contribution in [3.05, 3.63) is 60.7 Å². The summed E-state index contributed by atoms with van der Waals surface area (Å²) < 4.78 is 46.1. The first-order valence-corrected chi connectivity index (χ1v) is 16.2.